The molecule has 3 rings (SSSR count). The van der Waals surface area contributed by atoms with Crippen molar-refractivity contribution in [1.82, 2.24) is 0 Å². The number of nitrogen functional groups attached to an aromatic ring is 1. The van der Waals surface area contributed by atoms with E-state index < -0.39 is 16.0 Å². The molecule has 0 unspecified atom stereocenters. The number of nitrogens with one attached hydrogen (secondary N) is 1. The van der Waals surface area contributed by atoms with E-state index in [0.717, 1.165) is 6.07 Å². The first-order valence-electron chi connectivity index (χ1n) is 7.16. The predicted octanol–water partition coefficient (Wildman–Crippen LogP) is 2.63. The second kappa shape index (κ2) is 6.08. The first-order chi connectivity index (χ1) is 11.8. The van der Waals surface area contributed by atoms with E-state index in [9.17, 15) is 22.9 Å². The van der Waals surface area contributed by atoms with Crippen LogP contribution in [0.15, 0.2) is 59.5 Å². The topological polar surface area (TPSA) is 130 Å². The maximum absolute atomic E-state index is 12.4. The molecule has 0 aromatic heterocycles. The van der Waals surface area contributed by atoms with Gasteiger partial charge in [-0.25, -0.2) is 0 Å². The zero-order valence-corrected chi connectivity index (χ0v) is 13.6. The number of aromatic hydroxyl groups is 1. The van der Waals surface area contributed by atoms with Gasteiger partial charge in [0.2, 0.25) is 0 Å². The second-order valence-electron chi connectivity index (χ2n) is 5.37. The maximum atomic E-state index is 12.4. The standard InChI is InChI=1S/C17H14N2O5S/c18-11-4-1-3-10(9-11)17(21)19-13-7-8-15(25(22,23)24)12-5-2-6-14(20)16(12)13/h1-9,20H,18H2,(H,19,21)(H,22,23,24). The van der Waals surface area contributed by atoms with Crippen LogP contribution in [-0.4, -0.2) is 24.0 Å². The second-order valence-corrected chi connectivity index (χ2v) is 6.76. The number of rotatable bonds is 3. The fourth-order valence-electron chi connectivity index (χ4n) is 2.56. The van der Waals surface area contributed by atoms with Gasteiger partial charge in [0.05, 0.1) is 5.69 Å². The third-order valence-electron chi connectivity index (χ3n) is 3.65. The van der Waals surface area contributed by atoms with Crippen LogP contribution in [0.3, 0.4) is 0 Å². The molecule has 0 heterocycles. The van der Waals surface area contributed by atoms with Crippen LogP contribution in [0.2, 0.25) is 0 Å². The van der Waals surface area contributed by atoms with Gasteiger partial charge in [0.15, 0.2) is 0 Å². The van der Waals surface area contributed by atoms with Crippen molar-refractivity contribution in [2.45, 2.75) is 4.90 Å². The van der Waals surface area contributed by atoms with Crippen LogP contribution in [0, 0.1) is 0 Å². The molecular weight excluding hydrogens is 344 g/mol. The van der Waals surface area contributed by atoms with Gasteiger partial charge in [0.25, 0.3) is 16.0 Å². The quantitative estimate of drug-likeness (QED) is 0.421. The lowest BCUT2D eigenvalue weighted by Crippen LogP contribution is -2.13. The summed E-state index contributed by atoms with van der Waals surface area (Å²) in [7, 11) is -4.49. The molecule has 7 nitrogen and oxygen atoms in total. The van der Waals surface area contributed by atoms with E-state index in [1.807, 2.05) is 0 Å². The van der Waals surface area contributed by atoms with Crippen LogP contribution >= 0.6 is 0 Å². The number of carbonyl (C=O) groups excluding carboxylic acids is 1. The fraction of sp³-hybridized carbons (Fsp3) is 0. The van der Waals surface area contributed by atoms with Crippen LogP contribution in [0.5, 0.6) is 5.75 Å². The largest absolute Gasteiger partial charge is 0.507 e. The van der Waals surface area contributed by atoms with Gasteiger partial charge in [-0.2, -0.15) is 8.42 Å². The summed E-state index contributed by atoms with van der Waals surface area (Å²) in [6.07, 6.45) is 0. The first kappa shape index (κ1) is 16.7. The number of phenols is 1. The minimum Gasteiger partial charge on any atom is -0.507 e. The van der Waals surface area contributed by atoms with Gasteiger partial charge in [-0.05, 0) is 36.4 Å². The van der Waals surface area contributed by atoms with Crippen LogP contribution in [0.1, 0.15) is 10.4 Å². The minimum atomic E-state index is -4.49. The SMILES string of the molecule is Nc1cccc(C(=O)Nc2ccc(S(=O)(=O)O)c3cccc(O)c23)c1. The van der Waals surface area contributed by atoms with E-state index in [2.05, 4.69) is 5.32 Å². The van der Waals surface area contributed by atoms with Gasteiger partial charge < -0.3 is 16.2 Å². The summed E-state index contributed by atoms with van der Waals surface area (Å²) in [5.74, 6) is -0.706. The molecule has 5 N–H and O–H groups in total. The van der Waals surface area contributed by atoms with E-state index >= 15 is 0 Å². The molecule has 0 aliphatic carbocycles. The molecule has 0 radical (unpaired) electrons. The molecule has 1 amide bonds. The van der Waals surface area contributed by atoms with Gasteiger partial charge in [-0.1, -0.05) is 18.2 Å². The number of hydrogen-bond acceptors (Lipinski definition) is 5. The summed E-state index contributed by atoms with van der Waals surface area (Å²) in [6, 6.07) is 13.0. The molecule has 0 aliphatic rings. The monoisotopic (exact) mass is 358 g/mol. The summed E-state index contributed by atoms with van der Waals surface area (Å²) >= 11 is 0. The van der Waals surface area contributed by atoms with E-state index in [1.165, 1.54) is 30.3 Å². The number of nitrogens with two attached hydrogens (primary N) is 1. The Morgan fingerprint density at radius 2 is 1.76 bits per heavy atom. The molecule has 0 fully saturated rings. The van der Waals surface area contributed by atoms with Crippen molar-refractivity contribution in [2.75, 3.05) is 11.1 Å². The molecule has 0 saturated carbocycles. The van der Waals surface area contributed by atoms with Crippen molar-refractivity contribution in [3.05, 3.63) is 60.2 Å². The Balaban J connectivity index is 2.13. The van der Waals surface area contributed by atoms with Crippen molar-refractivity contribution < 1.29 is 22.9 Å². The molecule has 0 aliphatic heterocycles. The number of anilines is 2. The van der Waals surface area contributed by atoms with E-state index in [0.29, 0.717) is 11.3 Å². The molecule has 25 heavy (non-hydrogen) atoms. The molecule has 3 aromatic carbocycles. The number of benzene rings is 3. The smallest absolute Gasteiger partial charge is 0.295 e. The van der Waals surface area contributed by atoms with Crippen molar-refractivity contribution in [1.29, 1.82) is 0 Å². The van der Waals surface area contributed by atoms with Gasteiger partial charge in [-0.3, -0.25) is 9.35 Å². The highest BCUT2D eigenvalue weighted by Gasteiger charge is 2.19. The highest BCUT2D eigenvalue weighted by molar-refractivity contribution is 7.86. The summed E-state index contributed by atoms with van der Waals surface area (Å²) in [4.78, 5) is 12.0. The fourth-order valence-corrected chi connectivity index (χ4v) is 3.25. The third kappa shape index (κ3) is 3.25. The van der Waals surface area contributed by atoms with E-state index in [4.69, 9.17) is 5.73 Å². The van der Waals surface area contributed by atoms with Crippen LogP contribution in [0.4, 0.5) is 11.4 Å². The van der Waals surface area contributed by atoms with Crippen molar-refractivity contribution in [3.63, 3.8) is 0 Å². The van der Waals surface area contributed by atoms with E-state index in [1.54, 1.807) is 18.2 Å². The van der Waals surface area contributed by atoms with Gasteiger partial charge >= 0.3 is 0 Å². The summed E-state index contributed by atoms with van der Waals surface area (Å²) < 4.78 is 32.4. The summed E-state index contributed by atoms with van der Waals surface area (Å²) in [5.41, 5.74) is 6.59. The van der Waals surface area contributed by atoms with Crippen LogP contribution < -0.4 is 11.1 Å². The van der Waals surface area contributed by atoms with Gasteiger partial charge in [0, 0.05) is 22.0 Å². The number of fused-ring (bicyclic) bond motifs is 1. The molecule has 3 aromatic rings. The molecule has 8 heteroatoms. The molecular formula is C17H14N2O5S. The molecule has 128 valence electrons. The lowest BCUT2D eigenvalue weighted by Gasteiger charge is -2.12. The normalized spacial score (nSPS) is 11.4. The maximum Gasteiger partial charge on any atom is 0.295 e. The van der Waals surface area contributed by atoms with Crippen molar-refractivity contribution in [3.8, 4) is 5.75 Å². The summed E-state index contributed by atoms with van der Waals surface area (Å²) in [5, 5.41) is 12.9. The lowest BCUT2D eigenvalue weighted by atomic mass is 10.1. The van der Waals surface area contributed by atoms with Crippen molar-refractivity contribution in [2.24, 2.45) is 0 Å². The zero-order chi connectivity index (χ0) is 18.2. The Morgan fingerprint density at radius 1 is 1.04 bits per heavy atom. The zero-order valence-electron chi connectivity index (χ0n) is 12.8. The van der Waals surface area contributed by atoms with Crippen LogP contribution in [0.25, 0.3) is 10.8 Å². The number of carbonyl (C=O) groups is 1. The van der Waals surface area contributed by atoms with E-state index in [-0.39, 0.29) is 27.1 Å². The Morgan fingerprint density at radius 3 is 2.44 bits per heavy atom. The van der Waals surface area contributed by atoms with Gasteiger partial charge in [0.1, 0.15) is 10.6 Å². The third-order valence-corrected chi connectivity index (χ3v) is 4.57. The molecule has 0 spiro atoms. The Bertz CT molecular complexity index is 1090. The van der Waals surface area contributed by atoms with Crippen LogP contribution in [-0.2, 0) is 10.1 Å². The molecule has 0 atom stereocenters. The summed E-state index contributed by atoms with van der Waals surface area (Å²) in [6.45, 7) is 0. The average Bonchev–Trinajstić information content (AvgIpc) is 2.54. The number of hydrogen-bond donors (Lipinski definition) is 4. The van der Waals surface area contributed by atoms with Crippen molar-refractivity contribution >= 4 is 38.2 Å². The predicted molar refractivity (Wildman–Crippen MR) is 94.2 cm³/mol. The molecule has 0 bridgehead atoms. The average molecular weight is 358 g/mol. The Labute approximate surface area is 143 Å². The molecule has 0 saturated heterocycles. The minimum absolute atomic E-state index is 0.0906. The number of amides is 1. The first-order valence-corrected chi connectivity index (χ1v) is 8.60. The number of phenolic OH excluding ortho intramolecular Hbond substituents is 1. The lowest BCUT2D eigenvalue weighted by molar-refractivity contribution is 0.102. The van der Waals surface area contributed by atoms with Gasteiger partial charge in [-0.15, -0.1) is 0 Å². The highest BCUT2D eigenvalue weighted by Crippen LogP contribution is 2.35. The Hall–Kier alpha value is -3.10. The highest BCUT2D eigenvalue weighted by atomic mass is 32.2. The Kier molecular flexibility index (Phi) is 4.07.